The first-order valence-electron chi connectivity index (χ1n) is 8.80. The lowest BCUT2D eigenvalue weighted by Gasteiger charge is -2.39. The van der Waals surface area contributed by atoms with Crippen LogP contribution in [0.3, 0.4) is 0 Å². The summed E-state index contributed by atoms with van der Waals surface area (Å²) in [4.78, 5) is 24.6. The molecule has 0 amide bonds. The van der Waals surface area contributed by atoms with E-state index in [0.717, 1.165) is 6.07 Å². The maximum atomic E-state index is 12.3. The predicted octanol–water partition coefficient (Wildman–Crippen LogP) is 1.55. The van der Waals surface area contributed by atoms with Gasteiger partial charge in [-0.1, -0.05) is 6.08 Å². The Kier molecular flexibility index (Phi) is 5.18. The highest BCUT2D eigenvalue weighted by Gasteiger charge is 2.42. The molecule has 2 aromatic rings. The third-order valence-electron chi connectivity index (χ3n) is 4.83. The average molecular weight is 390 g/mol. The molecule has 150 valence electrons. The minimum absolute atomic E-state index is 0.0335. The number of aromatic hydroxyl groups is 1. The third kappa shape index (κ3) is 3.36. The molecule has 0 aliphatic carbocycles. The van der Waals surface area contributed by atoms with Crippen molar-refractivity contribution >= 4 is 16.9 Å². The average Bonchev–Trinajstić information content (AvgIpc) is 2.63. The molecule has 0 radical (unpaired) electrons. The summed E-state index contributed by atoms with van der Waals surface area (Å²) < 4.78 is 16.9. The quantitative estimate of drug-likeness (QED) is 0.530. The lowest BCUT2D eigenvalue weighted by Crippen LogP contribution is -2.49. The van der Waals surface area contributed by atoms with E-state index in [4.69, 9.17) is 13.9 Å². The number of phenolic OH excluding ortho intramolecular Hbond substituents is 1. The number of benzene rings is 1. The molecule has 0 bridgehead atoms. The number of hydrogen-bond donors (Lipinski definition) is 3. The summed E-state index contributed by atoms with van der Waals surface area (Å²) in [5.41, 5.74) is -0.913. The van der Waals surface area contributed by atoms with Crippen LogP contribution in [0.1, 0.15) is 32.1 Å². The molecule has 3 rings (SSSR count). The van der Waals surface area contributed by atoms with Gasteiger partial charge in [0, 0.05) is 24.1 Å². The summed E-state index contributed by atoms with van der Waals surface area (Å²) in [5, 5.41) is 29.1. The maximum Gasteiger partial charge on any atom is 0.336 e. The Balaban J connectivity index is 2.06. The number of aliphatic hydroxyl groups excluding tert-OH is 2. The molecular weight excluding hydrogens is 368 g/mol. The van der Waals surface area contributed by atoms with Crippen molar-refractivity contribution in [2.45, 2.75) is 45.5 Å². The highest BCUT2D eigenvalue weighted by atomic mass is 16.6. The Hall–Kier alpha value is -2.84. The fraction of sp³-hybridized carbons (Fsp3) is 0.400. The van der Waals surface area contributed by atoms with E-state index < -0.39 is 36.3 Å². The van der Waals surface area contributed by atoms with Gasteiger partial charge >= 0.3 is 5.97 Å². The fourth-order valence-electron chi connectivity index (χ4n) is 3.18. The number of phenols is 1. The number of ether oxygens (including phenoxy) is 2. The SMILES string of the molecule is CC=C(CO)C(=O)O[C@H]1Cc2c(cc3oc(CO)cc(=O)c3c2O)OC1(C)C. The lowest BCUT2D eigenvalue weighted by molar-refractivity contribution is -0.157. The Morgan fingerprint density at radius 1 is 1.36 bits per heavy atom. The molecule has 1 aliphatic heterocycles. The van der Waals surface area contributed by atoms with Crippen LogP contribution in [0.15, 0.2) is 33.0 Å². The van der Waals surface area contributed by atoms with Gasteiger partial charge in [0.1, 0.15) is 46.5 Å². The van der Waals surface area contributed by atoms with Crippen molar-refractivity contribution in [2.75, 3.05) is 6.61 Å². The van der Waals surface area contributed by atoms with Crippen LogP contribution in [0.25, 0.3) is 11.0 Å². The van der Waals surface area contributed by atoms with Crippen LogP contribution in [0.2, 0.25) is 0 Å². The number of esters is 1. The highest BCUT2D eigenvalue weighted by molar-refractivity contribution is 5.89. The monoisotopic (exact) mass is 390 g/mol. The van der Waals surface area contributed by atoms with E-state index in [1.807, 2.05) is 0 Å². The van der Waals surface area contributed by atoms with Crippen LogP contribution >= 0.6 is 0 Å². The molecule has 0 fully saturated rings. The van der Waals surface area contributed by atoms with Crippen LogP contribution in [0.4, 0.5) is 0 Å². The summed E-state index contributed by atoms with van der Waals surface area (Å²) in [6.45, 7) is 4.16. The van der Waals surface area contributed by atoms with E-state index in [2.05, 4.69) is 0 Å². The van der Waals surface area contributed by atoms with Crippen molar-refractivity contribution in [3.63, 3.8) is 0 Å². The summed E-state index contributed by atoms with van der Waals surface area (Å²) in [5.74, 6) is -0.617. The Bertz CT molecular complexity index is 1020. The van der Waals surface area contributed by atoms with Gasteiger partial charge in [-0.15, -0.1) is 0 Å². The van der Waals surface area contributed by atoms with E-state index in [1.165, 1.54) is 12.1 Å². The van der Waals surface area contributed by atoms with Gasteiger partial charge in [0.05, 0.1) is 12.2 Å². The summed E-state index contributed by atoms with van der Waals surface area (Å²) in [6.07, 6.45) is 0.808. The van der Waals surface area contributed by atoms with Crippen molar-refractivity contribution in [1.29, 1.82) is 0 Å². The van der Waals surface area contributed by atoms with Gasteiger partial charge < -0.3 is 29.2 Å². The van der Waals surface area contributed by atoms with E-state index in [1.54, 1.807) is 20.8 Å². The van der Waals surface area contributed by atoms with Crippen molar-refractivity contribution in [2.24, 2.45) is 0 Å². The molecule has 0 saturated carbocycles. The van der Waals surface area contributed by atoms with Crippen LogP contribution in [-0.2, 0) is 22.6 Å². The van der Waals surface area contributed by atoms with Crippen molar-refractivity contribution in [3.8, 4) is 11.5 Å². The first kappa shape index (κ1) is 19.9. The van der Waals surface area contributed by atoms with E-state index >= 15 is 0 Å². The van der Waals surface area contributed by atoms with E-state index in [-0.39, 0.29) is 34.5 Å². The molecule has 0 spiro atoms. The van der Waals surface area contributed by atoms with Crippen molar-refractivity contribution < 1.29 is 34.0 Å². The topological polar surface area (TPSA) is 126 Å². The zero-order chi connectivity index (χ0) is 20.6. The summed E-state index contributed by atoms with van der Waals surface area (Å²) >= 11 is 0. The number of carbonyl (C=O) groups excluding carboxylic acids is 1. The molecule has 2 heterocycles. The Morgan fingerprint density at radius 3 is 2.68 bits per heavy atom. The van der Waals surface area contributed by atoms with Crippen LogP contribution < -0.4 is 10.2 Å². The number of carbonyl (C=O) groups is 1. The van der Waals surface area contributed by atoms with Crippen molar-refractivity contribution in [1.82, 2.24) is 0 Å². The minimum Gasteiger partial charge on any atom is -0.507 e. The second kappa shape index (κ2) is 7.29. The molecule has 8 heteroatoms. The predicted molar refractivity (Wildman–Crippen MR) is 99.2 cm³/mol. The maximum absolute atomic E-state index is 12.3. The summed E-state index contributed by atoms with van der Waals surface area (Å²) in [6, 6.07) is 2.59. The largest absolute Gasteiger partial charge is 0.507 e. The number of fused-ring (bicyclic) bond motifs is 2. The number of aliphatic hydroxyl groups is 2. The van der Waals surface area contributed by atoms with E-state index in [9.17, 15) is 24.9 Å². The molecule has 1 aliphatic rings. The van der Waals surface area contributed by atoms with Gasteiger partial charge in [0.2, 0.25) is 0 Å². The highest BCUT2D eigenvalue weighted by Crippen LogP contribution is 2.42. The zero-order valence-electron chi connectivity index (χ0n) is 15.8. The molecule has 28 heavy (non-hydrogen) atoms. The summed E-state index contributed by atoms with van der Waals surface area (Å²) in [7, 11) is 0. The number of hydrogen-bond acceptors (Lipinski definition) is 8. The van der Waals surface area contributed by atoms with Gasteiger partial charge in [0.15, 0.2) is 5.43 Å². The molecule has 0 unspecified atom stereocenters. The fourth-order valence-corrected chi connectivity index (χ4v) is 3.18. The van der Waals surface area contributed by atoms with Gasteiger partial charge in [-0.2, -0.15) is 0 Å². The smallest absolute Gasteiger partial charge is 0.336 e. The number of rotatable bonds is 4. The molecule has 1 aromatic heterocycles. The molecule has 1 aromatic carbocycles. The number of allylic oxidation sites excluding steroid dienone is 1. The first-order chi connectivity index (χ1) is 13.2. The standard InChI is InChI=1S/C20H22O8/c1-4-10(8-21)19(25)27-16-6-12-14(28-20(16,2)3)7-15-17(18(12)24)13(23)5-11(9-22)26-15/h4-5,7,16,21-22,24H,6,8-9H2,1-3H3/t16-/m0/s1. The first-order valence-corrected chi connectivity index (χ1v) is 8.80. The molecule has 1 atom stereocenters. The van der Waals surface area contributed by atoms with E-state index in [0.29, 0.717) is 11.3 Å². The van der Waals surface area contributed by atoms with Gasteiger partial charge in [-0.05, 0) is 20.8 Å². The lowest BCUT2D eigenvalue weighted by atomic mass is 9.89. The van der Waals surface area contributed by atoms with Gasteiger partial charge in [0.25, 0.3) is 0 Å². The van der Waals surface area contributed by atoms with Crippen LogP contribution in [-0.4, -0.2) is 39.6 Å². The normalized spacial score (nSPS) is 18.5. The van der Waals surface area contributed by atoms with Crippen LogP contribution in [0.5, 0.6) is 11.5 Å². The third-order valence-corrected chi connectivity index (χ3v) is 4.83. The van der Waals surface area contributed by atoms with Crippen LogP contribution in [0, 0.1) is 0 Å². The Labute approximate surface area is 160 Å². The molecule has 0 saturated heterocycles. The second-order valence-corrected chi connectivity index (χ2v) is 7.09. The second-order valence-electron chi connectivity index (χ2n) is 7.09. The molecule has 8 nitrogen and oxygen atoms in total. The molecular formula is C20H22O8. The van der Waals surface area contributed by atoms with Crippen molar-refractivity contribution in [3.05, 3.63) is 45.3 Å². The molecule has 3 N–H and O–H groups in total. The Morgan fingerprint density at radius 2 is 2.07 bits per heavy atom. The van der Waals surface area contributed by atoms with Gasteiger partial charge in [-0.25, -0.2) is 4.79 Å². The zero-order valence-corrected chi connectivity index (χ0v) is 15.8. The van der Waals surface area contributed by atoms with Gasteiger partial charge in [-0.3, -0.25) is 4.79 Å². The minimum atomic E-state index is -0.939.